The van der Waals surface area contributed by atoms with Crippen molar-refractivity contribution in [2.24, 2.45) is 4.99 Å². The van der Waals surface area contributed by atoms with Crippen LogP contribution in [-0.2, 0) is 11.3 Å². The highest BCUT2D eigenvalue weighted by Crippen LogP contribution is 2.27. The fourth-order valence-corrected chi connectivity index (χ4v) is 7.05. The van der Waals surface area contributed by atoms with Crippen LogP contribution in [0.3, 0.4) is 0 Å². The zero-order chi connectivity index (χ0) is 39.5. The van der Waals surface area contributed by atoms with Gasteiger partial charge in [-0.25, -0.2) is 4.57 Å². The maximum atomic E-state index is 12.2. The van der Waals surface area contributed by atoms with E-state index in [1.807, 2.05) is 70.4 Å². The lowest BCUT2D eigenvalue weighted by molar-refractivity contribution is -0.697. The molecule has 0 atom stereocenters. The number of hydrogen-bond acceptors (Lipinski definition) is 8. The summed E-state index contributed by atoms with van der Waals surface area (Å²) in [5.74, 6) is 3.47. The molecule has 1 heterocycles. The van der Waals surface area contributed by atoms with E-state index in [9.17, 15) is 9.90 Å². The number of phenolic OH excluding ortho intramolecular Hbond substituents is 1. The largest absolute Gasteiger partial charge is 0.504 e. The zero-order valence-electron chi connectivity index (χ0n) is 33.0. The van der Waals surface area contributed by atoms with Crippen LogP contribution >= 0.6 is 21.6 Å². The topological polar surface area (TPSA) is 96.1 Å². The van der Waals surface area contributed by atoms with Crippen molar-refractivity contribution < 1.29 is 23.9 Å². The Morgan fingerprint density at radius 1 is 0.855 bits per heavy atom. The number of ether oxygens (including phenoxy) is 2. The Hall–Kier alpha value is -4.67. The van der Waals surface area contributed by atoms with Crippen molar-refractivity contribution in [3.63, 3.8) is 0 Å². The SMILES string of the molecule is C=C(CCC[n+]1ccc(/C=C/c2ccc(OCC)c(O)c2)cc1)NCCSSCCNC(=O)CCC/N=C/C=C(\C=C/C)/C=C/c1ccc(C)c(OCC)c1. The number of aryl methyl sites for hydroxylation is 2. The Balaban J connectivity index is 1.18. The molecule has 0 saturated heterocycles. The minimum absolute atomic E-state index is 0.0734. The van der Waals surface area contributed by atoms with Gasteiger partial charge in [-0.05, 0) is 92.6 Å². The molecule has 0 bridgehead atoms. The molecule has 3 rings (SSSR count). The van der Waals surface area contributed by atoms with E-state index in [1.54, 1.807) is 33.7 Å². The Kier molecular flexibility index (Phi) is 22.0. The molecule has 0 aliphatic heterocycles. The molecule has 2 aromatic carbocycles. The summed E-state index contributed by atoms with van der Waals surface area (Å²) >= 11 is 0. The van der Waals surface area contributed by atoms with Crippen molar-refractivity contribution >= 4 is 51.9 Å². The molecule has 0 spiro atoms. The van der Waals surface area contributed by atoms with Gasteiger partial charge in [0.2, 0.25) is 5.91 Å². The maximum absolute atomic E-state index is 12.2. The predicted octanol–water partition coefficient (Wildman–Crippen LogP) is 9.40. The number of nitrogens with one attached hydrogen (secondary N) is 2. The molecule has 0 radical (unpaired) electrons. The fourth-order valence-electron chi connectivity index (χ4n) is 5.24. The van der Waals surface area contributed by atoms with Crippen LogP contribution in [0, 0.1) is 6.92 Å². The van der Waals surface area contributed by atoms with Gasteiger partial charge in [0.05, 0.1) is 13.2 Å². The van der Waals surface area contributed by atoms with Crippen molar-refractivity contribution in [3.8, 4) is 17.2 Å². The standard InChI is InChI=1S/C45H58N4O4S2/c1-6-11-38(16-19-41-15-14-36(4)44(35-41)53-8-3)22-26-46-25-9-13-45(51)48-28-33-55-54-32-27-47-37(5)12-10-29-49-30-23-39(24-31-49)17-18-40-20-21-43(52-7-2)42(50)34-40/h6,11,14-24,26,30-31,34-35,47H,5,7-10,12-13,25,27-29,32-33H2,1-4H3,(H-,48,50,51)/p+1/b11-6-,18-17+,19-16+,38-22+,46-26+. The van der Waals surface area contributed by atoms with Crippen molar-refractivity contribution in [2.45, 2.75) is 59.9 Å². The first-order valence-electron chi connectivity index (χ1n) is 19.1. The van der Waals surface area contributed by atoms with Gasteiger partial charge in [0.25, 0.3) is 0 Å². The molecule has 3 N–H and O–H groups in total. The third-order valence-electron chi connectivity index (χ3n) is 8.12. The Bertz CT molecular complexity index is 1770. The van der Waals surface area contributed by atoms with E-state index in [0.717, 1.165) is 76.7 Å². The molecule has 0 aliphatic rings. The second-order valence-electron chi connectivity index (χ2n) is 12.6. The van der Waals surface area contributed by atoms with Crippen molar-refractivity contribution in [2.75, 3.05) is 44.4 Å². The Morgan fingerprint density at radius 2 is 1.55 bits per heavy atom. The van der Waals surface area contributed by atoms with Gasteiger partial charge in [0.1, 0.15) is 12.3 Å². The van der Waals surface area contributed by atoms with E-state index in [4.69, 9.17) is 9.47 Å². The van der Waals surface area contributed by atoms with Crippen molar-refractivity contribution in [1.82, 2.24) is 10.6 Å². The van der Waals surface area contributed by atoms with Crippen LogP contribution in [0.5, 0.6) is 17.2 Å². The molecule has 1 aromatic heterocycles. The summed E-state index contributed by atoms with van der Waals surface area (Å²) in [6.07, 6.45) is 23.3. The number of pyridine rings is 1. The van der Waals surface area contributed by atoms with Crippen LogP contribution < -0.4 is 24.7 Å². The van der Waals surface area contributed by atoms with Crippen LogP contribution in [0.1, 0.15) is 68.7 Å². The van der Waals surface area contributed by atoms with Gasteiger partial charge in [-0.2, -0.15) is 0 Å². The lowest BCUT2D eigenvalue weighted by Gasteiger charge is -2.08. The van der Waals surface area contributed by atoms with Gasteiger partial charge in [0.15, 0.2) is 23.9 Å². The number of nitrogens with zero attached hydrogens (tertiary/aromatic N) is 2. The number of carbonyl (C=O) groups excluding carboxylic acids is 1. The number of benzene rings is 2. The molecular formula is C45H59N4O4S2+. The van der Waals surface area contributed by atoms with E-state index in [-0.39, 0.29) is 11.7 Å². The van der Waals surface area contributed by atoms with E-state index in [2.05, 4.69) is 81.6 Å². The van der Waals surface area contributed by atoms with E-state index >= 15 is 0 Å². The highest BCUT2D eigenvalue weighted by molar-refractivity contribution is 8.76. The monoisotopic (exact) mass is 783 g/mol. The van der Waals surface area contributed by atoms with Crippen LogP contribution in [-0.4, -0.2) is 61.6 Å². The van der Waals surface area contributed by atoms with Gasteiger partial charge in [-0.1, -0.05) is 82.8 Å². The summed E-state index contributed by atoms with van der Waals surface area (Å²) in [6, 6.07) is 15.8. The number of aromatic hydroxyl groups is 1. The average Bonchev–Trinajstić information content (AvgIpc) is 3.18. The zero-order valence-corrected chi connectivity index (χ0v) is 34.6. The number of aliphatic imine (C=N–C) groups is 1. The molecule has 10 heteroatoms. The maximum Gasteiger partial charge on any atom is 0.220 e. The first-order valence-corrected chi connectivity index (χ1v) is 21.6. The molecule has 0 unspecified atom stereocenters. The molecule has 0 fully saturated rings. The molecule has 3 aromatic rings. The molecule has 8 nitrogen and oxygen atoms in total. The minimum atomic E-state index is 0.0734. The van der Waals surface area contributed by atoms with Gasteiger partial charge >= 0.3 is 0 Å². The summed E-state index contributed by atoms with van der Waals surface area (Å²) in [4.78, 5) is 16.7. The van der Waals surface area contributed by atoms with E-state index in [0.29, 0.717) is 44.9 Å². The first-order chi connectivity index (χ1) is 26.8. The fraction of sp³-hybridized carbons (Fsp3) is 0.356. The summed E-state index contributed by atoms with van der Waals surface area (Å²) in [5, 5.41) is 16.5. The van der Waals surface area contributed by atoms with Gasteiger partial charge < -0.3 is 25.2 Å². The molecule has 0 aliphatic carbocycles. The summed E-state index contributed by atoms with van der Waals surface area (Å²) in [5.41, 5.74) is 6.32. The van der Waals surface area contributed by atoms with Crippen molar-refractivity contribution in [1.29, 1.82) is 0 Å². The number of amides is 1. The Labute approximate surface area is 337 Å². The van der Waals surface area contributed by atoms with Gasteiger partial charge in [-0.15, -0.1) is 0 Å². The minimum Gasteiger partial charge on any atom is -0.504 e. The molecule has 0 saturated carbocycles. The lowest BCUT2D eigenvalue weighted by atomic mass is 10.1. The van der Waals surface area contributed by atoms with E-state index in [1.165, 1.54) is 0 Å². The molecule has 294 valence electrons. The van der Waals surface area contributed by atoms with E-state index < -0.39 is 0 Å². The second kappa shape index (κ2) is 27.0. The van der Waals surface area contributed by atoms with Crippen LogP contribution in [0.15, 0.2) is 108 Å². The molecule has 1 amide bonds. The lowest BCUT2D eigenvalue weighted by Crippen LogP contribution is -2.32. The molecular weight excluding hydrogens is 725 g/mol. The average molecular weight is 784 g/mol. The second-order valence-corrected chi connectivity index (χ2v) is 15.3. The van der Waals surface area contributed by atoms with Crippen LogP contribution in [0.25, 0.3) is 18.2 Å². The summed E-state index contributed by atoms with van der Waals surface area (Å²) in [7, 11) is 3.58. The summed E-state index contributed by atoms with van der Waals surface area (Å²) < 4.78 is 13.3. The molecule has 55 heavy (non-hydrogen) atoms. The number of aromatic nitrogens is 1. The normalized spacial score (nSPS) is 12.0. The predicted molar refractivity (Wildman–Crippen MR) is 236 cm³/mol. The summed E-state index contributed by atoms with van der Waals surface area (Å²) in [6.45, 7) is 16.3. The Morgan fingerprint density at radius 3 is 2.27 bits per heavy atom. The third kappa shape index (κ3) is 19.0. The van der Waals surface area contributed by atoms with Gasteiger partial charge in [0, 0.05) is 68.0 Å². The number of hydrogen-bond donors (Lipinski definition) is 3. The highest BCUT2D eigenvalue weighted by Gasteiger charge is 2.05. The van der Waals surface area contributed by atoms with Crippen LogP contribution in [0.4, 0.5) is 0 Å². The first kappa shape index (κ1) is 44.7. The van der Waals surface area contributed by atoms with Crippen molar-refractivity contribution in [3.05, 3.63) is 125 Å². The van der Waals surface area contributed by atoms with Crippen LogP contribution in [0.2, 0.25) is 0 Å². The number of phenols is 1. The third-order valence-corrected chi connectivity index (χ3v) is 10.5. The number of allylic oxidation sites excluding steroid dienone is 6. The quantitative estimate of drug-likeness (QED) is 0.0246. The number of rotatable bonds is 26. The highest BCUT2D eigenvalue weighted by atomic mass is 33.1. The van der Waals surface area contributed by atoms with Gasteiger partial charge in [-0.3, -0.25) is 9.79 Å². The number of carbonyl (C=O) groups is 1. The smallest absolute Gasteiger partial charge is 0.220 e.